The fourth-order valence-corrected chi connectivity index (χ4v) is 3.10. The van der Waals surface area contributed by atoms with Crippen LogP contribution in [0, 0.1) is 0 Å². The minimum Gasteiger partial charge on any atom is -0.497 e. The zero-order valence-corrected chi connectivity index (χ0v) is 16.1. The molecule has 4 nitrogen and oxygen atoms in total. The number of nitrogens with zero attached hydrogens (tertiary/aromatic N) is 1. The average molecular weight is 362 g/mol. The summed E-state index contributed by atoms with van der Waals surface area (Å²) in [5.74, 6) is 0.925. The molecule has 0 aliphatic rings. The summed E-state index contributed by atoms with van der Waals surface area (Å²) >= 11 is 0. The third-order valence-corrected chi connectivity index (χ3v) is 4.82. The number of amides is 1. The monoisotopic (exact) mass is 362 g/mol. The maximum Gasteiger partial charge on any atom is 0.236 e. The summed E-state index contributed by atoms with van der Waals surface area (Å²) in [6.45, 7) is 2.97. The molecule has 0 aliphatic heterocycles. The fourth-order valence-electron chi connectivity index (χ4n) is 3.10. The van der Waals surface area contributed by atoms with Crippen LogP contribution in [0.3, 0.4) is 0 Å². The van der Waals surface area contributed by atoms with Gasteiger partial charge in [0.2, 0.25) is 5.91 Å². The van der Waals surface area contributed by atoms with Gasteiger partial charge in [-0.1, -0.05) is 48.5 Å². The molecule has 0 heterocycles. The van der Waals surface area contributed by atoms with Crippen LogP contribution >= 0.6 is 0 Å². The Balaban J connectivity index is 1.58. The summed E-state index contributed by atoms with van der Waals surface area (Å²) in [4.78, 5) is 14.2. The van der Waals surface area contributed by atoms with E-state index in [4.69, 9.17) is 4.74 Å². The van der Waals surface area contributed by atoms with Crippen LogP contribution in [0.5, 0.6) is 5.75 Å². The van der Waals surface area contributed by atoms with Gasteiger partial charge in [-0.3, -0.25) is 4.79 Å². The van der Waals surface area contributed by atoms with Gasteiger partial charge in [0.15, 0.2) is 0 Å². The van der Waals surface area contributed by atoms with Crippen molar-refractivity contribution in [1.29, 1.82) is 0 Å². The molecular formula is C23H26N2O2. The zero-order valence-electron chi connectivity index (χ0n) is 16.1. The third kappa shape index (κ3) is 4.86. The van der Waals surface area contributed by atoms with Crippen LogP contribution < -0.4 is 10.1 Å². The molecule has 3 aromatic carbocycles. The Labute approximate surface area is 160 Å². The minimum absolute atomic E-state index is 0.0765. The first kappa shape index (κ1) is 18.9. The molecule has 0 bridgehead atoms. The Bertz CT molecular complexity index is 909. The van der Waals surface area contributed by atoms with Gasteiger partial charge < -0.3 is 15.0 Å². The molecule has 3 rings (SSSR count). The first-order valence-electron chi connectivity index (χ1n) is 9.16. The summed E-state index contributed by atoms with van der Waals surface area (Å²) in [5.41, 5.74) is 2.29. The maximum absolute atomic E-state index is 12.5. The standard InChI is InChI=1S/C23H26N2O2/c1-17(19-7-5-4-6-8-19)24-15-23(26)25(2)16-18-9-10-21-14-22(27-3)12-11-20(21)13-18/h4-14,17,24H,15-16H2,1-3H3/t17-/m1/s1. The molecule has 0 radical (unpaired) electrons. The Morgan fingerprint density at radius 1 is 1.04 bits per heavy atom. The molecule has 0 saturated carbocycles. The summed E-state index contributed by atoms with van der Waals surface area (Å²) in [6.07, 6.45) is 0. The lowest BCUT2D eigenvalue weighted by Crippen LogP contribution is -2.36. The number of rotatable bonds is 7. The summed E-state index contributed by atoms with van der Waals surface area (Å²) in [6, 6.07) is 22.6. The van der Waals surface area contributed by atoms with Gasteiger partial charge in [-0.15, -0.1) is 0 Å². The van der Waals surface area contributed by atoms with Gasteiger partial charge in [-0.05, 0) is 47.0 Å². The van der Waals surface area contributed by atoms with E-state index < -0.39 is 0 Å². The van der Waals surface area contributed by atoms with Gasteiger partial charge in [0.05, 0.1) is 13.7 Å². The molecule has 0 saturated heterocycles. The Kier molecular flexibility index (Phi) is 6.09. The van der Waals surface area contributed by atoms with Gasteiger partial charge in [0, 0.05) is 19.6 Å². The maximum atomic E-state index is 12.5. The van der Waals surface area contributed by atoms with Gasteiger partial charge >= 0.3 is 0 Å². The molecule has 0 fully saturated rings. The predicted molar refractivity (Wildman–Crippen MR) is 110 cm³/mol. The molecule has 140 valence electrons. The van der Waals surface area contributed by atoms with Crippen molar-refractivity contribution in [2.24, 2.45) is 0 Å². The summed E-state index contributed by atoms with van der Waals surface area (Å²) < 4.78 is 5.27. The van der Waals surface area contributed by atoms with Gasteiger partial charge in [-0.25, -0.2) is 0 Å². The number of benzene rings is 3. The van der Waals surface area contributed by atoms with E-state index in [-0.39, 0.29) is 11.9 Å². The molecule has 1 amide bonds. The molecule has 0 unspecified atom stereocenters. The smallest absolute Gasteiger partial charge is 0.236 e. The number of carbonyl (C=O) groups is 1. The lowest BCUT2D eigenvalue weighted by atomic mass is 10.1. The highest BCUT2D eigenvalue weighted by molar-refractivity contribution is 5.84. The van der Waals surface area contributed by atoms with Gasteiger partial charge in [0.1, 0.15) is 5.75 Å². The van der Waals surface area contributed by atoms with Crippen LogP contribution in [0.4, 0.5) is 0 Å². The highest BCUT2D eigenvalue weighted by Gasteiger charge is 2.12. The van der Waals surface area contributed by atoms with E-state index in [0.29, 0.717) is 13.1 Å². The predicted octanol–water partition coefficient (Wildman–Crippen LogP) is 4.16. The molecule has 0 aromatic heterocycles. The number of hydrogen-bond acceptors (Lipinski definition) is 3. The SMILES string of the molecule is COc1ccc2cc(CN(C)C(=O)CN[C@H](C)c3ccccc3)ccc2c1. The molecule has 0 spiro atoms. The molecule has 27 heavy (non-hydrogen) atoms. The van der Waals surface area contributed by atoms with E-state index in [2.05, 4.69) is 42.6 Å². The number of carbonyl (C=O) groups excluding carboxylic acids is 1. The number of hydrogen-bond donors (Lipinski definition) is 1. The van der Waals surface area contributed by atoms with Crippen LogP contribution in [-0.4, -0.2) is 31.5 Å². The van der Waals surface area contributed by atoms with E-state index in [0.717, 1.165) is 22.1 Å². The van der Waals surface area contributed by atoms with Crippen LogP contribution in [0.1, 0.15) is 24.1 Å². The quantitative estimate of drug-likeness (QED) is 0.686. The molecule has 4 heteroatoms. The molecular weight excluding hydrogens is 336 g/mol. The second-order valence-corrected chi connectivity index (χ2v) is 6.81. The topological polar surface area (TPSA) is 41.6 Å². The lowest BCUT2D eigenvalue weighted by Gasteiger charge is -2.20. The van der Waals surface area contributed by atoms with Gasteiger partial charge in [0.25, 0.3) is 0 Å². The highest BCUT2D eigenvalue weighted by atomic mass is 16.5. The van der Waals surface area contributed by atoms with E-state index in [9.17, 15) is 4.79 Å². The number of nitrogens with one attached hydrogen (secondary N) is 1. The number of likely N-dealkylation sites (N-methyl/N-ethyl adjacent to an activating group) is 1. The van der Waals surface area contributed by atoms with Gasteiger partial charge in [-0.2, -0.15) is 0 Å². The number of ether oxygens (including phenoxy) is 1. The number of methoxy groups -OCH3 is 1. The van der Waals surface area contributed by atoms with E-state index in [1.165, 1.54) is 5.56 Å². The van der Waals surface area contributed by atoms with Crippen LogP contribution in [0.25, 0.3) is 10.8 Å². The first-order valence-corrected chi connectivity index (χ1v) is 9.16. The lowest BCUT2D eigenvalue weighted by molar-refractivity contribution is -0.129. The molecule has 3 aromatic rings. The van der Waals surface area contributed by atoms with Crippen molar-refractivity contribution in [3.63, 3.8) is 0 Å². The highest BCUT2D eigenvalue weighted by Crippen LogP contribution is 2.22. The normalized spacial score (nSPS) is 12.0. The second-order valence-electron chi connectivity index (χ2n) is 6.81. The largest absolute Gasteiger partial charge is 0.497 e. The van der Waals surface area contributed by atoms with Crippen molar-refractivity contribution >= 4 is 16.7 Å². The molecule has 0 aliphatic carbocycles. The zero-order chi connectivity index (χ0) is 19.2. The van der Waals surface area contributed by atoms with Crippen molar-refractivity contribution in [3.05, 3.63) is 77.9 Å². The van der Waals surface area contributed by atoms with Crippen molar-refractivity contribution in [2.75, 3.05) is 20.7 Å². The van der Waals surface area contributed by atoms with Crippen molar-refractivity contribution in [1.82, 2.24) is 10.2 Å². The van der Waals surface area contributed by atoms with E-state index in [1.807, 2.05) is 43.4 Å². The van der Waals surface area contributed by atoms with Crippen LogP contribution in [-0.2, 0) is 11.3 Å². The van der Waals surface area contributed by atoms with Crippen molar-refractivity contribution in [2.45, 2.75) is 19.5 Å². The first-order chi connectivity index (χ1) is 13.1. The van der Waals surface area contributed by atoms with Crippen molar-refractivity contribution in [3.8, 4) is 5.75 Å². The summed E-state index contributed by atoms with van der Waals surface area (Å²) in [7, 11) is 3.51. The fraction of sp³-hybridized carbons (Fsp3) is 0.261. The number of fused-ring (bicyclic) bond motifs is 1. The Morgan fingerprint density at radius 2 is 1.74 bits per heavy atom. The Hall–Kier alpha value is -2.85. The second kappa shape index (κ2) is 8.69. The van der Waals surface area contributed by atoms with Crippen LogP contribution in [0.15, 0.2) is 66.7 Å². The Morgan fingerprint density at radius 3 is 2.48 bits per heavy atom. The minimum atomic E-state index is 0.0765. The third-order valence-electron chi connectivity index (χ3n) is 4.82. The van der Waals surface area contributed by atoms with Crippen molar-refractivity contribution < 1.29 is 9.53 Å². The molecule has 1 atom stereocenters. The van der Waals surface area contributed by atoms with E-state index in [1.54, 1.807) is 12.0 Å². The van der Waals surface area contributed by atoms with Crippen LogP contribution in [0.2, 0.25) is 0 Å². The molecule has 1 N–H and O–H groups in total. The summed E-state index contributed by atoms with van der Waals surface area (Å²) in [5, 5.41) is 5.58. The van der Waals surface area contributed by atoms with E-state index >= 15 is 0 Å². The average Bonchev–Trinajstić information content (AvgIpc) is 2.71.